The maximum Gasteiger partial charge on any atom is 0.513 e. The van der Waals surface area contributed by atoms with Crippen molar-refractivity contribution in [1.29, 1.82) is 0 Å². The Bertz CT molecular complexity index is 2090. The minimum atomic E-state index is -1.01. The number of nitro groups is 1. The number of phenols is 1. The zero-order valence-electron chi connectivity index (χ0n) is 35.7. The van der Waals surface area contributed by atoms with E-state index in [1.54, 1.807) is 6.92 Å². The van der Waals surface area contributed by atoms with Crippen LogP contribution in [0, 0.1) is 33.4 Å². The van der Waals surface area contributed by atoms with E-state index in [0.717, 1.165) is 26.4 Å². The summed E-state index contributed by atoms with van der Waals surface area (Å²) in [6.45, 7) is 7.23. The minimum Gasteiger partial charge on any atom is -0.508 e. The number of ether oxygens (including phenoxy) is 7. The van der Waals surface area contributed by atoms with Gasteiger partial charge in [-0.2, -0.15) is 4.39 Å². The number of nitrogens with two attached hydrogens (primary N) is 1. The van der Waals surface area contributed by atoms with Crippen molar-refractivity contribution in [3.8, 4) is 23.0 Å². The highest BCUT2D eigenvalue weighted by Crippen LogP contribution is 2.29. The Hall–Kier alpha value is -6.87. The zero-order chi connectivity index (χ0) is 48.8. The number of anilines is 1. The van der Waals surface area contributed by atoms with Gasteiger partial charge < -0.3 is 49.1 Å². The molecule has 0 atom stereocenters. The summed E-state index contributed by atoms with van der Waals surface area (Å²) in [6.07, 6.45) is -0.527. The molecule has 22 heteroatoms. The Morgan fingerprint density at radius 1 is 0.603 bits per heavy atom. The maximum atomic E-state index is 13.3. The number of benzene rings is 4. The van der Waals surface area contributed by atoms with Crippen LogP contribution in [0.3, 0.4) is 0 Å². The van der Waals surface area contributed by atoms with Crippen molar-refractivity contribution < 1.29 is 85.0 Å². The van der Waals surface area contributed by atoms with Crippen LogP contribution in [0.5, 0.6) is 23.0 Å². The van der Waals surface area contributed by atoms with Gasteiger partial charge in [0.15, 0.2) is 0 Å². The van der Waals surface area contributed by atoms with Gasteiger partial charge in [0.2, 0.25) is 5.82 Å². The molecule has 0 aliphatic rings. The standard InChI is InChI=1S/C10H10FNO5.C10H12FNO3.C10H11FO3.C8H9FO.C2H3ClO2.CH4O/c1-3-6-4-7(11)8(12(14)15)5-9(6)17-10(13)16-2;1-3-6-4-7(11)8(12)5-9(6)15-10(13)14-2;1-3-7-6-8(11)4-5-9(7)14-10(12)13-2;1-2-6-5-7(9)3-4-8(6)10;1-5-2(3)4;1-2/h4-5H,3H2,1-2H3;4-5H,3,12H2,1-2H3;4-6H,3H2,1-2H3;3-5,10H,2H2,1H3;1H3;2H,1H3. The van der Waals surface area contributed by atoms with Crippen molar-refractivity contribution in [2.45, 2.75) is 53.4 Å². The molecule has 0 aliphatic heterocycles. The first kappa shape index (κ1) is 58.2. The molecule has 4 aromatic rings. The third-order valence-electron chi connectivity index (χ3n) is 7.33. The number of aromatic hydroxyl groups is 1. The molecule has 63 heavy (non-hydrogen) atoms. The largest absolute Gasteiger partial charge is 0.513 e. The molecule has 0 saturated carbocycles. The number of phenolic OH excluding ortho intramolecular Hbond substituents is 1. The zero-order valence-corrected chi connectivity index (χ0v) is 36.5. The molecule has 0 fully saturated rings. The molecule has 0 unspecified atom stereocenters. The van der Waals surface area contributed by atoms with Gasteiger partial charge in [-0.3, -0.25) is 10.1 Å². The van der Waals surface area contributed by atoms with Gasteiger partial charge >= 0.3 is 29.6 Å². The number of nitrogen functional groups attached to an aromatic ring is 1. The number of aliphatic hydroxyl groups is 1. The van der Waals surface area contributed by atoms with E-state index in [0.29, 0.717) is 53.7 Å². The van der Waals surface area contributed by atoms with E-state index < -0.39 is 46.1 Å². The highest BCUT2D eigenvalue weighted by molar-refractivity contribution is 6.61. The molecule has 0 amide bonds. The van der Waals surface area contributed by atoms with Crippen LogP contribution in [0.2, 0.25) is 0 Å². The topological polar surface area (TPSA) is 243 Å². The number of carbonyl (C=O) groups is 4. The van der Waals surface area contributed by atoms with Gasteiger partial charge in [0.1, 0.15) is 40.4 Å². The highest BCUT2D eigenvalue weighted by atomic mass is 35.5. The van der Waals surface area contributed by atoms with Gasteiger partial charge in [0.05, 0.1) is 45.1 Å². The number of nitrogens with zero attached hydrogens (tertiary/aromatic N) is 1. The average Bonchev–Trinajstić information content (AvgIpc) is 3.27. The van der Waals surface area contributed by atoms with Crippen molar-refractivity contribution in [3.63, 3.8) is 0 Å². The van der Waals surface area contributed by atoms with Crippen molar-refractivity contribution in [3.05, 3.63) is 116 Å². The quantitative estimate of drug-likeness (QED) is 0.0218. The summed E-state index contributed by atoms with van der Waals surface area (Å²) in [7, 11) is 5.74. The summed E-state index contributed by atoms with van der Waals surface area (Å²) in [5, 5.41) is 26.6. The van der Waals surface area contributed by atoms with Gasteiger partial charge in [-0.1, -0.05) is 27.7 Å². The highest BCUT2D eigenvalue weighted by Gasteiger charge is 2.20. The molecule has 0 aromatic heterocycles. The Morgan fingerprint density at radius 2 is 0.968 bits per heavy atom. The number of aryl methyl sites for hydroxylation is 4. The molecule has 0 aliphatic carbocycles. The van der Waals surface area contributed by atoms with E-state index in [-0.39, 0.29) is 34.6 Å². The van der Waals surface area contributed by atoms with E-state index in [1.165, 1.54) is 69.9 Å². The van der Waals surface area contributed by atoms with Crippen LogP contribution in [0.4, 0.5) is 48.1 Å². The van der Waals surface area contributed by atoms with Crippen molar-refractivity contribution in [1.82, 2.24) is 0 Å². The van der Waals surface area contributed by atoms with Crippen LogP contribution in [0.1, 0.15) is 49.9 Å². The molecule has 0 radical (unpaired) electrons. The first-order chi connectivity index (χ1) is 29.7. The Kier molecular flexibility index (Phi) is 29.5. The second-order valence-corrected chi connectivity index (χ2v) is 11.5. The first-order valence-corrected chi connectivity index (χ1v) is 18.4. The third kappa shape index (κ3) is 22.5. The van der Waals surface area contributed by atoms with Crippen LogP contribution in [-0.2, 0) is 44.6 Å². The van der Waals surface area contributed by atoms with E-state index in [9.17, 15) is 46.9 Å². The fourth-order valence-corrected chi connectivity index (χ4v) is 4.23. The van der Waals surface area contributed by atoms with E-state index in [1.807, 2.05) is 20.8 Å². The van der Waals surface area contributed by atoms with Crippen LogP contribution in [0.25, 0.3) is 0 Å². The number of nitro benzene ring substituents is 1. The molecule has 0 saturated heterocycles. The summed E-state index contributed by atoms with van der Waals surface area (Å²) in [5.74, 6) is -1.48. The smallest absolute Gasteiger partial charge is 0.508 e. The molecule has 4 rings (SSSR count). The van der Waals surface area contributed by atoms with Gasteiger partial charge in [0.25, 0.3) is 0 Å². The molecule has 17 nitrogen and oxygen atoms in total. The third-order valence-corrected chi connectivity index (χ3v) is 7.49. The molecule has 0 heterocycles. The van der Waals surface area contributed by atoms with E-state index >= 15 is 0 Å². The average molecular weight is 921 g/mol. The summed E-state index contributed by atoms with van der Waals surface area (Å²) in [5.41, 5.74) is 5.96. The van der Waals surface area contributed by atoms with Crippen LogP contribution >= 0.6 is 11.6 Å². The van der Waals surface area contributed by atoms with Crippen LogP contribution in [0.15, 0.2) is 60.7 Å². The van der Waals surface area contributed by atoms with Crippen molar-refractivity contribution in [2.75, 3.05) is 41.3 Å². The number of hydrogen-bond donors (Lipinski definition) is 3. The summed E-state index contributed by atoms with van der Waals surface area (Å²) in [4.78, 5) is 51.6. The van der Waals surface area contributed by atoms with Crippen molar-refractivity contribution in [2.24, 2.45) is 0 Å². The lowest BCUT2D eigenvalue weighted by molar-refractivity contribution is -0.387. The number of aliphatic hydroxyl groups excluding tert-OH is 1. The van der Waals surface area contributed by atoms with Crippen LogP contribution < -0.4 is 19.9 Å². The normalized spacial score (nSPS) is 9.32. The maximum absolute atomic E-state index is 13.3. The van der Waals surface area contributed by atoms with Gasteiger partial charge in [-0.15, -0.1) is 0 Å². The first-order valence-electron chi connectivity index (χ1n) is 18.0. The summed E-state index contributed by atoms with van der Waals surface area (Å²) < 4.78 is 82.7. The number of rotatable bonds is 8. The lowest BCUT2D eigenvalue weighted by Gasteiger charge is -2.09. The molecule has 4 aromatic carbocycles. The van der Waals surface area contributed by atoms with Crippen molar-refractivity contribution >= 4 is 46.9 Å². The van der Waals surface area contributed by atoms with E-state index in [2.05, 4.69) is 30.5 Å². The lowest BCUT2D eigenvalue weighted by atomic mass is 10.1. The Balaban J connectivity index is 0. The predicted molar refractivity (Wildman–Crippen MR) is 221 cm³/mol. The fraction of sp³-hybridized carbons (Fsp3) is 0.317. The number of halogens is 5. The lowest BCUT2D eigenvalue weighted by Crippen LogP contribution is -2.09. The van der Waals surface area contributed by atoms with Gasteiger partial charge in [-0.25, -0.2) is 32.3 Å². The second-order valence-electron chi connectivity index (χ2n) is 11.2. The van der Waals surface area contributed by atoms with Crippen LogP contribution in [-0.4, -0.2) is 74.6 Å². The Morgan fingerprint density at radius 3 is 1.35 bits per heavy atom. The number of carbonyl (C=O) groups excluding carboxylic acids is 4. The Labute approximate surface area is 365 Å². The number of methoxy groups -OCH3 is 4. The monoisotopic (exact) mass is 920 g/mol. The predicted octanol–water partition coefficient (Wildman–Crippen LogP) is 9.78. The van der Waals surface area contributed by atoms with Gasteiger partial charge in [0, 0.05) is 24.8 Å². The molecule has 4 N–H and O–H groups in total. The summed E-state index contributed by atoms with van der Waals surface area (Å²) >= 11 is 4.60. The van der Waals surface area contributed by atoms with Gasteiger partial charge in [-0.05, 0) is 96.5 Å². The summed E-state index contributed by atoms with van der Waals surface area (Å²) in [6, 6.07) is 12.3. The molecule has 348 valence electrons. The van der Waals surface area contributed by atoms with E-state index in [4.69, 9.17) is 30.2 Å². The molecular formula is C41H49ClF4N2O15. The number of hydrogen-bond acceptors (Lipinski definition) is 16. The molecule has 0 spiro atoms. The SMILES string of the molecule is CCc1cc(F)c(N)cc1OC(=O)OC.CCc1cc(F)c([N+](=O)[O-])cc1OC(=O)OC.CCc1cc(F)ccc1O.CCc1cc(F)ccc1OC(=O)OC.CO.COC(=O)Cl. The molecular weight excluding hydrogens is 872 g/mol. The minimum absolute atomic E-state index is 0.0638. The molecule has 0 bridgehead atoms. The second kappa shape index (κ2) is 31.9. The fourth-order valence-electron chi connectivity index (χ4n) is 4.23.